The molecule has 0 fully saturated rings. The van der Waals surface area contributed by atoms with Gasteiger partial charge in [-0.05, 0) is 32.7 Å². The summed E-state index contributed by atoms with van der Waals surface area (Å²) in [7, 11) is 0. The topological polar surface area (TPSA) is 41.5 Å². The van der Waals surface area contributed by atoms with Crippen LogP contribution in [0.25, 0.3) is 0 Å². The molecule has 0 aliphatic rings. The summed E-state index contributed by atoms with van der Waals surface area (Å²) >= 11 is 0. The van der Waals surface area contributed by atoms with Crippen LogP contribution in [0.5, 0.6) is 0 Å². The molecular formula is C11H23F2NO2. The van der Waals surface area contributed by atoms with Gasteiger partial charge in [-0.25, -0.2) is 8.78 Å². The maximum atomic E-state index is 11.8. The van der Waals surface area contributed by atoms with Crippen molar-refractivity contribution >= 4 is 0 Å². The summed E-state index contributed by atoms with van der Waals surface area (Å²) in [5, 5.41) is 12.5. The van der Waals surface area contributed by atoms with E-state index >= 15 is 0 Å². The number of nitrogens with one attached hydrogen (secondary N) is 1. The van der Waals surface area contributed by atoms with Crippen LogP contribution >= 0.6 is 0 Å². The van der Waals surface area contributed by atoms with Crippen molar-refractivity contribution in [3.8, 4) is 0 Å². The Morgan fingerprint density at radius 1 is 1.44 bits per heavy atom. The highest BCUT2D eigenvalue weighted by molar-refractivity contribution is 4.81. The van der Waals surface area contributed by atoms with E-state index in [1.807, 2.05) is 6.92 Å². The number of alkyl halides is 2. The largest absolute Gasteiger partial charge is 0.394 e. The van der Waals surface area contributed by atoms with Crippen molar-refractivity contribution in [3.63, 3.8) is 0 Å². The Morgan fingerprint density at radius 3 is 2.62 bits per heavy atom. The zero-order valence-electron chi connectivity index (χ0n) is 10.1. The predicted molar refractivity (Wildman–Crippen MR) is 59.8 cm³/mol. The van der Waals surface area contributed by atoms with E-state index in [4.69, 9.17) is 4.74 Å². The third-order valence-corrected chi connectivity index (χ3v) is 2.41. The molecule has 98 valence electrons. The molecule has 16 heavy (non-hydrogen) atoms. The van der Waals surface area contributed by atoms with Gasteiger partial charge in [-0.2, -0.15) is 0 Å². The van der Waals surface area contributed by atoms with E-state index in [2.05, 4.69) is 12.2 Å². The molecule has 0 saturated carbocycles. The molecule has 0 aromatic rings. The molecule has 0 radical (unpaired) electrons. The summed E-state index contributed by atoms with van der Waals surface area (Å²) < 4.78 is 28.3. The number of aliphatic hydroxyl groups is 1. The first-order chi connectivity index (χ1) is 7.54. The molecule has 0 spiro atoms. The van der Waals surface area contributed by atoms with Crippen molar-refractivity contribution in [2.24, 2.45) is 0 Å². The first-order valence-corrected chi connectivity index (χ1v) is 5.76. The summed E-state index contributed by atoms with van der Waals surface area (Å²) in [6.07, 6.45) is -0.0208. The Kier molecular flexibility index (Phi) is 8.70. The lowest BCUT2D eigenvalue weighted by Gasteiger charge is -2.28. The van der Waals surface area contributed by atoms with Gasteiger partial charge in [0.05, 0.1) is 6.61 Å². The van der Waals surface area contributed by atoms with Gasteiger partial charge >= 0.3 is 0 Å². The Morgan fingerprint density at radius 2 is 2.12 bits per heavy atom. The van der Waals surface area contributed by atoms with Gasteiger partial charge in [0.25, 0.3) is 6.43 Å². The number of ether oxygens (including phenoxy) is 1. The zero-order chi connectivity index (χ0) is 12.4. The molecule has 0 aromatic heterocycles. The molecule has 0 heterocycles. The molecule has 1 unspecified atom stereocenters. The quantitative estimate of drug-likeness (QED) is 0.571. The van der Waals surface area contributed by atoms with Crippen molar-refractivity contribution in [1.82, 2.24) is 5.32 Å². The highest BCUT2D eigenvalue weighted by Gasteiger charge is 2.21. The SMILES string of the molecule is CCCNC(C)(CO)CCCOCC(F)F. The van der Waals surface area contributed by atoms with Crippen molar-refractivity contribution in [2.75, 3.05) is 26.4 Å². The van der Waals surface area contributed by atoms with E-state index in [-0.39, 0.29) is 12.1 Å². The van der Waals surface area contributed by atoms with Gasteiger partial charge in [-0.15, -0.1) is 0 Å². The fourth-order valence-corrected chi connectivity index (χ4v) is 1.39. The van der Waals surface area contributed by atoms with Gasteiger partial charge < -0.3 is 15.2 Å². The third kappa shape index (κ3) is 7.96. The lowest BCUT2D eigenvalue weighted by atomic mass is 9.97. The van der Waals surface area contributed by atoms with E-state index < -0.39 is 13.0 Å². The van der Waals surface area contributed by atoms with Crippen LogP contribution in [0.1, 0.15) is 33.1 Å². The maximum Gasteiger partial charge on any atom is 0.261 e. The molecule has 5 heteroatoms. The van der Waals surface area contributed by atoms with Crippen molar-refractivity contribution in [2.45, 2.75) is 45.1 Å². The van der Waals surface area contributed by atoms with Gasteiger partial charge in [0, 0.05) is 12.1 Å². The Labute approximate surface area is 96.2 Å². The monoisotopic (exact) mass is 239 g/mol. The Bertz CT molecular complexity index is 170. The van der Waals surface area contributed by atoms with Crippen LogP contribution in [0.3, 0.4) is 0 Å². The normalized spacial score (nSPS) is 15.4. The van der Waals surface area contributed by atoms with E-state index in [9.17, 15) is 13.9 Å². The molecule has 0 aliphatic heterocycles. The number of hydrogen-bond donors (Lipinski definition) is 2. The molecule has 0 aromatic carbocycles. The smallest absolute Gasteiger partial charge is 0.261 e. The predicted octanol–water partition coefficient (Wildman–Crippen LogP) is 1.80. The van der Waals surface area contributed by atoms with Crippen LogP contribution in [0.4, 0.5) is 8.78 Å². The maximum absolute atomic E-state index is 11.8. The molecule has 3 nitrogen and oxygen atoms in total. The fourth-order valence-electron chi connectivity index (χ4n) is 1.39. The van der Waals surface area contributed by atoms with E-state index in [0.29, 0.717) is 19.4 Å². The van der Waals surface area contributed by atoms with Gasteiger partial charge in [0.2, 0.25) is 0 Å². The second-order valence-corrected chi connectivity index (χ2v) is 4.22. The number of halogens is 2. The standard InChI is InChI=1S/C11H23F2NO2/c1-3-6-14-11(2,9-15)5-4-7-16-8-10(12)13/h10,14-15H,3-9H2,1-2H3. The van der Waals surface area contributed by atoms with Crippen LogP contribution < -0.4 is 5.32 Å². The van der Waals surface area contributed by atoms with Crippen LogP contribution in [0.15, 0.2) is 0 Å². The summed E-state index contributed by atoms with van der Waals surface area (Å²) in [5.41, 5.74) is -0.329. The molecule has 0 rings (SSSR count). The third-order valence-electron chi connectivity index (χ3n) is 2.41. The average molecular weight is 239 g/mol. The van der Waals surface area contributed by atoms with E-state index in [0.717, 1.165) is 13.0 Å². The molecule has 2 N–H and O–H groups in total. The molecular weight excluding hydrogens is 216 g/mol. The van der Waals surface area contributed by atoms with Gasteiger partial charge in [-0.3, -0.25) is 0 Å². The highest BCUT2D eigenvalue weighted by atomic mass is 19.3. The first kappa shape index (κ1) is 15.7. The molecule has 0 amide bonds. The Balaban J connectivity index is 3.61. The minimum Gasteiger partial charge on any atom is -0.394 e. The number of rotatable bonds is 10. The summed E-state index contributed by atoms with van der Waals surface area (Å²) in [5.74, 6) is 0. The van der Waals surface area contributed by atoms with Crippen LogP contribution in [0.2, 0.25) is 0 Å². The van der Waals surface area contributed by atoms with Crippen LogP contribution in [-0.4, -0.2) is 43.4 Å². The molecule has 0 bridgehead atoms. The summed E-state index contributed by atoms with van der Waals surface area (Å²) in [6.45, 7) is 4.68. The second-order valence-electron chi connectivity index (χ2n) is 4.22. The summed E-state index contributed by atoms with van der Waals surface area (Å²) in [6, 6.07) is 0. The lowest BCUT2D eigenvalue weighted by molar-refractivity contribution is 0.0136. The van der Waals surface area contributed by atoms with Crippen molar-refractivity contribution in [3.05, 3.63) is 0 Å². The number of aliphatic hydroxyl groups excluding tert-OH is 1. The lowest BCUT2D eigenvalue weighted by Crippen LogP contribution is -2.46. The highest BCUT2D eigenvalue weighted by Crippen LogP contribution is 2.11. The van der Waals surface area contributed by atoms with Crippen LogP contribution in [-0.2, 0) is 4.74 Å². The number of hydrogen-bond acceptors (Lipinski definition) is 3. The first-order valence-electron chi connectivity index (χ1n) is 5.76. The molecule has 0 saturated heterocycles. The van der Waals surface area contributed by atoms with Crippen molar-refractivity contribution < 1.29 is 18.6 Å². The average Bonchev–Trinajstić information content (AvgIpc) is 2.25. The minimum absolute atomic E-state index is 0.0435. The second kappa shape index (κ2) is 8.84. The molecule has 0 aliphatic carbocycles. The van der Waals surface area contributed by atoms with Gasteiger partial charge in [0.15, 0.2) is 0 Å². The fraction of sp³-hybridized carbons (Fsp3) is 1.00. The van der Waals surface area contributed by atoms with E-state index in [1.54, 1.807) is 0 Å². The van der Waals surface area contributed by atoms with Gasteiger partial charge in [-0.1, -0.05) is 6.92 Å². The van der Waals surface area contributed by atoms with Crippen molar-refractivity contribution in [1.29, 1.82) is 0 Å². The zero-order valence-corrected chi connectivity index (χ0v) is 10.1. The van der Waals surface area contributed by atoms with Gasteiger partial charge in [0.1, 0.15) is 6.61 Å². The summed E-state index contributed by atoms with van der Waals surface area (Å²) in [4.78, 5) is 0. The minimum atomic E-state index is -2.40. The Hall–Kier alpha value is -0.260. The molecule has 1 atom stereocenters. The van der Waals surface area contributed by atoms with E-state index in [1.165, 1.54) is 0 Å². The van der Waals surface area contributed by atoms with Crippen LogP contribution in [0, 0.1) is 0 Å².